The van der Waals surface area contributed by atoms with Gasteiger partial charge in [-0.25, -0.2) is 0 Å². The number of benzene rings is 1. The fourth-order valence-electron chi connectivity index (χ4n) is 2.49. The highest BCUT2D eigenvalue weighted by Crippen LogP contribution is 2.22. The Morgan fingerprint density at radius 1 is 1.05 bits per heavy atom. The van der Waals surface area contributed by atoms with E-state index in [1.54, 1.807) is 0 Å². The maximum absolute atomic E-state index is 5.78. The molecule has 0 radical (unpaired) electrons. The van der Waals surface area contributed by atoms with Crippen molar-refractivity contribution >= 4 is 18.3 Å². The summed E-state index contributed by atoms with van der Waals surface area (Å²) >= 11 is 0. The van der Waals surface area contributed by atoms with Crippen LogP contribution in [0.3, 0.4) is 0 Å². The number of hydrogen-bond acceptors (Lipinski definition) is 4. The Hall–Kier alpha value is -1.40. The van der Waals surface area contributed by atoms with Crippen molar-refractivity contribution in [3.63, 3.8) is 0 Å². The number of hydrogen-bond donors (Lipinski definition) is 0. The lowest BCUT2D eigenvalue weighted by molar-refractivity contribution is 0.0343. The molecule has 1 aromatic rings. The van der Waals surface area contributed by atoms with Gasteiger partial charge >= 0.3 is 7.12 Å². The minimum Gasteiger partial charge on any atom is -0.407 e. The van der Waals surface area contributed by atoms with Crippen LogP contribution in [-0.2, 0) is 9.31 Å². The monoisotopic (exact) mass is 287 g/mol. The minimum absolute atomic E-state index is 0.0976. The van der Waals surface area contributed by atoms with Crippen molar-refractivity contribution in [2.45, 2.75) is 26.7 Å². The topological polar surface area (TPSA) is 46.4 Å². The highest BCUT2D eigenvalue weighted by atomic mass is 16.6. The molecule has 0 bridgehead atoms. The Morgan fingerprint density at radius 3 is 2.29 bits per heavy atom. The molecule has 0 saturated carbocycles. The molecule has 112 valence electrons. The summed E-state index contributed by atoms with van der Waals surface area (Å²) < 4.78 is 11.6. The Balaban J connectivity index is 1.59. The van der Waals surface area contributed by atoms with Gasteiger partial charge in [0.1, 0.15) is 0 Å². The van der Waals surface area contributed by atoms with Crippen LogP contribution in [0.4, 0.5) is 5.69 Å². The van der Waals surface area contributed by atoms with Crippen molar-refractivity contribution in [2.75, 3.05) is 26.3 Å². The second-order valence-corrected chi connectivity index (χ2v) is 6.56. The normalized spacial score (nSPS) is 22.2. The van der Waals surface area contributed by atoms with E-state index in [4.69, 9.17) is 9.31 Å². The Labute approximate surface area is 126 Å². The van der Waals surface area contributed by atoms with E-state index in [2.05, 4.69) is 24.2 Å². The van der Waals surface area contributed by atoms with Gasteiger partial charge in [0.05, 0.1) is 5.69 Å². The van der Waals surface area contributed by atoms with Crippen LogP contribution in [0.25, 0.3) is 0 Å². The van der Waals surface area contributed by atoms with Crippen LogP contribution < -0.4 is 5.46 Å². The number of nitrogens with zero attached hydrogens (tertiary/aromatic N) is 3. The summed E-state index contributed by atoms with van der Waals surface area (Å²) in [5.74, 6) is 0. The van der Waals surface area contributed by atoms with Crippen LogP contribution in [0.15, 0.2) is 34.6 Å². The molecule has 0 spiro atoms. The predicted octanol–water partition coefficient (Wildman–Crippen LogP) is 2.55. The number of rotatable bonds is 3. The second-order valence-electron chi connectivity index (χ2n) is 6.56. The molecule has 0 aliphatic carbocycles. The summed E-state index contributed by atoms with van der Waals surface area (Å²) in [5.41, 5.74) is 1.99. The maximum atomic E-state index is 5.78. The zero-order valence-corrected chi connectivity index (χ0v) is 12.8. The molecular weight excluding hydrogens is 265 g/mol. The third-order valence-electron chi connectivity index (χ3n) is 3.79. The van der Waals surface area contributed by atoms with Gasteiger partial charge in [-0.3, -0.25) is 5.01 Å². The average molecular weight is 287 g/mol. The lowest BCUT2D eigenvalue weighted by atomic mass is 9.76. The van der Waals surface area contributed by atoms with E-state index in [1.165, 1.54) is 12.8 Å². The Morgan fingerprint density at radius 2 is 1.67 bits per heavy atom. The third kappa shape index (κ3) is 3.83. The molecule has 21 heavy (non-hydrogen) atoms. The van der Waals surface area contributed by atoms with Crippen LogP contribution in [0.2, 0.25) is 0 Å². The molecular formula is C15H22BN3O2. The first-order valence-electron chi connectivity index (χ1n) is 7.62. The van der Waals surface area contributed by atoms with E-state index in [-0.39, 0.29) is 12.5 Å². The van der Waals surface area contributed by atoms with Gasteiger partial charge < -0.3 is 9.31 Å². The Kier molecular flexibility index (Phi) is 4.26. The van der Waals surface area contributed by atoms with E-state index < -0.39 is 0 Å². The molecule has 2 fully saturated rings. The highest BCUT2D eigenvalue weighted by Gasteiger charge is 2.33. The first kappa shape index (κ1) is 14.5. The molecule has 6 heteroatoms. The van der Waals surface area contributed by atoms with Gasteiger partial charge in [-0.2, -0.15) is 0 Å². The quantitative estimate of drug-likeness (QED) is 0.634. The highest BCUT2D eigenvalue weighted by molar-refractivity contribution is 6.61. The molecule has 0 unspecified atom stereocenters. The van der Waals surface area contributed by atoms with Gasteiger partial charge in [-0.1, -0.05) is 31.2 Å². The molecule has 3 rings (SSSR count). The standard InChI is InChI=1S/C15H22BN3O2/c1-15(2)11-20-16(21-12-15)13-5-7-14(8-6-13)17-18-19-9-3-4-10-19/h5-8H,3-4,9-12H2,1-2H3. The first-order chi connectivity index (χ1) is 10.1. The summed E-state index contributed by atoms with van der Waals surface area (Å²) in [6, 6.07) is 7.92. The molecule has 0 amide bonds. The van der Waals surface area contributed by atoms with Crippen LogP contribution in [0.5, 0.6) is 0 Å². The van der Waals surface area contributed by atoms with E-state index in [0.717, 1.165) is 24.2 Å². The summed E-state index contributed by atoms with van der Waals surface area (Å²) in [7, 11) is -0.261. The van der Waals surface area contributed by atoms with Crippen molar-refractivity contribution in [1.29, 1.82) is 0 Å². The van der Waals surface area contributed by atoms with Gasteiger partial charge in [0.15, 0.2) is 0 Å². The van der Waals surface area contributed by atoms with Gasteiger partial charge in [0.25, 0.3) is 0 Å². The largest absolute Gasteiger partial charge is 0.493 e. The van der Waals surface area contributed by atoms with Crippen molar-refractivity contribution < 1.29 is 9.31 Å². The third-order valence-corrected chi connectivity index (χ3v) is 3.79. The summed E-state index contributed by atoms with van der Waals surface area (Å²) in [4.78, 5) is 0. The summed E-state index contributed by atoms with van der Waals surface area (Å²) in [6.45, 7) is 7.75. The molecule has 2 aliphatic heterocycles. The first-order valence-corrected chi connectivity index (χ1v) is 7.62. The molecule has 0 N–H and O–H groups in total. The molecule has 1 aromatic carbocycles. The van der Waals surface area contributed by atoms with E-state index in [1.807, 2.05) is 29.3 Å². The van der Waals surface area contributed by atoms with Crippen LogP contribution in [0.1, 0.15) is 26.7 Å². The van der Waals surface area contributed by atoms with Crippen LogP contribution >= 0.6 is 0 Å². The lowest BCUT2D eigenvalue weighted by Crippen LogP contribution is -2.47. The fraction of sp³-hybridized carbons (Fsp3) is 0.600. The van der Waals surface area contributed by atoms with Crippen molar-refractivity contribution in [3.05, 3.63) is 24.3 Å². The molecule has 2 saturated heterocycles. The summed E-state index contributed by atoms with van der Waals surface area (Å²) in [5, 5.41) is 10.5. The molecule has 5 nitrogen and oxygen atoms in total. The van der Waals surface area contributed by atoms with E-state index in [0.29, 0.717) is 13.2 Å². The SMILES string of the molecule is CC1(C)COB(c2ccc(N=NN3CCCC3)cc2)OC1. The lowest BCUT2D eigenvalue weighted by Gasteiger charge is -2.33. The van der Waals surface area contributed by atoms with Gasteiger partial charge in [-0.05, 0) is 30.4 Å². The van der Waals surface area contributed by atoms with Crippen molar-refractivity contribution in [3.8, 4) is 0 Å². The smallest absolute Gasteiger partial charge is 0.407 e. The zero-order valence-electron chi connectivity index (χ0n) is 12.8. The molecule has 0 atom stereocenters. The summed E-state index contributed by atoms with van der Waals surface area (Å²) in [6.07, 6.45) is 2.43. The average Bonchev–Trinajstić information content (AvgIpc) is 2.99. The second kappa shape index (κ2) is 6.16. The van der Waals surface area contributed by atoms with Crippen molar-refractivity contribution in [1.82, 2.24) is 5.01 Å². The van der Waals surface area contributed by atoms with Crippen LogP contribution in [0, 0.1) is 5.41 Å². The molecule has 2 heterocycles. The maximum Gasteiger partial charge on any atom is 0.493 e. The van der Waals surface area contributed by atoms with Gasteiger partial charge in [-0.15, -0.1) is 5.11 Å². The molecule has 2 aliphatic rings. The van der Waals surface area contributed by atoms with Gasteiger partial charge in [0.2, 0.25) is 0 Å². The van der Waals surface area contributed by atoms with E-state index >= 15 is 0 Å². The fourth-order valence-corrected chi connectivity index (χ4v) is 2.49. The predicted molar refractivity (Wildman–Crippen MR) is 82.8 cm³/mol. The molecule has 0 aromatic heterocycles. The van der Waals surface area contributed by atoms with Crippen LogP contribution in [-0.4, -0.2) is 38.4 Å². The zero-order chi connectivity index (χ0) is 14.7. The van der Waals surface area contributed by atoms with Gasteiger partial charge in [0, 0.05) is 31.7 Å². The van der Waals surface area contributed by atoms with E-state index in [9.17, 15) is 0 Å². The van der Waals surface area contributed by atoms with Crippen molar-refractivity contribution in [2.24, 2.45) is 15.8 Å². The Bertz CT molecular complexity index is 488. The minimum atomic E-state index is -0.261.